The monoisotopic (exact) mass is 290 g/mol. The average Bonchev–Trinajstić information content (AvgIpc) is 2.33. The smallest absolute Gasteiger partial charge is 0.408 e. The number of carbonyl (C=O) groups excluding carboxylic acids is 1. The Morgan fingerprint density at radius 1 is 1.43 bits per heavy atom. The quantitative estimate of drug-likeness (QED) is 0.516. The van der Waals surface area contributed by atoms with Crippen molar-refractivity contribution in [2.45, 2.75) is 33.3 Å². The van der Waals surface area contributed by atoms with Crippen LogP contribution in [0.3, 0.4) is 0 Å². The number of alkyl carbamates (subject to hydrolysis) is 1. The maximum Gasteiger partial charge on any atom is 0.408 e. The fraction of sp³-hybridized carbons (Fsp3) is 0.400. The predicted molar refractivity (Wildman–Crippen MR) is 78.9 cm³/mol. The van der Waals surface area contributed by atoms with Crippen molar-refractivity contribution in [3.8, 4) is 11.8 Å². The van der Waals surface area contributed by atoms with E-state index in [9.17, 15) is 14.9 Å². The van der Waals surface area contributed by atoms with Crippen LogP contribution >= 0.6 is 0 Å². The van der Waals surface area contributed by atoms with Gasteiger partial charge < -0.3 is 10.1 Å². The molecule has 1 amide bonds. The predicted octanol–water partition coefficient (Wildman–Crippen LogP) is 2.78. The van der Waals surface area contributed by atoms with Crippen LogP contribution in [-0.2, 0) is 4.74 Å². The number of nitro groups is 1. The summed E-state index contributed by atoms with van der Waals surface area (Å²) in [6, 6.07) is 4.76. The Labute approximate surface area is 123 Å². The van der Waals surface area contributed by atoms with Crippen molar-refractivity contribution in [1.29, 1.82) is 0 Å². The number of carbonyl (C=O) groups is 1. The molecule has 1 aromatic carbocycles. The second-order valence-electron chi connectivity index (χ2n) is 5.38. The molecular formula is C15H18N2O4. The molecule has 21 heavy (non-hydrogen) atoms. The molecule has 0 aliphatic heterocycles. The van der Waals surface area contributed by atoms with Gasteiger partial charge in [0.1, 0.15) is 11.2 Å². The Bertz CT molecular complexity index is 606. The fourth-order valence-electron chi connectivity index (χ4n) is 1.53. The van der Waals surface area contributed by atoms with Gasteiger partial charge in [0, 0.05) is 6.07 Å². The molecule has 0 saturated carbocycles. The Kier molecular flexibility index (Phi) is 5.30. The number of amides is 1. The summed E-state index contributed by atoms with van der Waals surface area (Å²) in [6.07, 6.45) is -0.573. The summed E-state index contributed by atoms with van der Waals surface area (Å²) in [4.78, 5) is 21.8. The van der Waals surface area contributed by atoms with Gasteiger partial charge in [-0.1, -0.05) is 24.0 Å². The van der Waals surface area contributed by atoms with E-state index in [2.05, 4.69) is 17.2 Å². The van der Waals surface area contributed by atoms with Crippen molar-refractivity contribution >= 4 is 11.8 Å². The first-order valence-corrected chi connectivity index (χ1v) is 6.40. The van der Waals surface area contributed by atoms with Gasteiger partial charge in [0.15, 0.2) is 0 Å². The molecule has 0 aromatic heterocycles. The highest BCUT2D eigenvalue weighted by molar-refractivity contribution is 5.68. The summed E-state index contributed by atoms with van der Waals surface area (Å²) in [6.45, 7) is 7.08. The van der Waals surface area contributed by atoms with Crippen LogP contribution in [0.4, 0.5) is 10.5 Å². The second kappa shape index (κ2) is 6.75. The van der Waals surface area contributed by atoms with Crippen LogP contribution in [0.5, 0.6) is 0 Å². The molecule has 112 valence electrons. The third-order valence-electron chi connectivity index (χ3n) is 2.38. The van der Waals surface area contributed by atoms with E-state index in [0.717, 1.165) is 0 Å². The summed E-state index contributed by atoms with van der Waals surface area (Å²) in [7, 11) is 0. The molecule has 0 heterocycles. The van der Waals surface area contributed by atoms with Crippen LogP contribution in [0.15, 0.2) is 18.2 Å². The van der Waals surface area contributed by atoms with Crippen LogP contribution in [0.1, 0.15) is 31.9 Å². The van der Waals surface area contributed by atoms with E-state index in [1.165, 1.54) is 6.07 Å². The summed E-state index contributed by atoms with van der Waals surface area (Å²) >= 11 is 0. The topological polar surface area (TPSA) is 81.5 Å². The van der Waals surface area contributed by atoms with E-state index >= 15 is 0 Å². The highest BCUT2D eigenvalue weighted by Gasteiger charge is 2.15. The highest BCUT2D eigenvalue weighted by Crippen LogP contribution is 2.20. The summed E-state index contributed by atoms with van der Waals surface area (Å²) < 4.78 is 5.05. The van der Waals surface area contributed by atoms with E-state index in [1.807, 2.05) is 0 Å². The van der Waals surface area contributed by atoms with Crippen molar-refractivity contribution in [3.63, 3.8) is 0 Å². The van der Waals surface area contributed by atoms with Crippen LogP contribution in [0.25, 0.3) is 0 Å². The number of rotatable bonds is 2. The van der Waals surface area contributed by atoms with Crippen molar-refractivity contribution in [2.75, 3.05) is 6.54 Å². The Morgan fingerprint density at radius 2 is 2.10 bits per heavy atom. The number of hydrogen-bond acceptors (Lipinski definition) is 4. The number of aryl methyl sites for hydroxylation is 1. The lowest BCUT2D eigenvalue weighted by Crippen LogP contribution is -2.32. The lowest BCUT2D eigenvalue weighted by molar-refractivity contribution is -0.385. The molecule has 0 atom stereocenters. The third-order valence-corrected chi connectivity index (χ3v) is 2.38. The summed E-state index contributed by atoms with van der Waals surface area (Å²) in [5, 5.41) is 13.4. The van der Waals surface area contributed by atoms with Gasteiger partial charge in [-0.05, 0) is 33.3 Å². The molecule has 6 nitrogen and oxygen atoms in total. The second-order valence-corrected chi connectivity index (χ2v) is 5.38. The van der Waals surface area contributed by atoms with Gasteiger partial charge in [0.05, 0.1) is 11.5 Å². The van der Waals surface area contributed by atoms with Crippen molar-refractivity contribution in [3.05, 3.63) is 39.4 Å². The average molecular weight is 290 g/mol. The van der Waals surface area contributed by atoms with Gasteiger partial charge in [0.2, 0.25) is 0 Å². The Morgan fingerprint density at radius 3 is 2.67 bits per heavy atom. The van der Waals surface area contributed by atoms with E-state index in [1.54, 1.807) is 39.8 Å². The van der Waals surface area contributed by atoms with Crippen molar-refractivity contribution < 1.29 is 14.5 Å². The number of benzene rings is 1. The number of nitrogens with zero attached hydrogens (tertiary/aromatic N) is 1. The minimum Gasteiger partial charge on any atom is -0.444 e. The minimum absolute atomic E-state index is 0.0419. The standard InChI is InChI=1S/C15H18N2O4/c1-11-7-5-9-13(17(19)20)12(11)8-6-10-16-14(18)21-15(2,3)4/h5,7,9H,10H2,1-4H3,(H,16,18). The van der Waals surface area contributed by atoms with Crippen LogP contribution < -0.4 is 5.32 Å². The zero-order valence-electron chi connectivity index (χ0n) is 12.5. The van der Waals surface area contributed by atoms with Crippen molar-refractivity contribution in [1.82, 2.24) is 5.32 Å². The molecule has 6 heteroatoms. The molecule has 1 N–H and O–H groups in total. The Hall–Kier alpha value is -2.55. The van der Waals surface area contributed by atoms with E-state index in [0.29, 0.717) is 11.1 Å². The normalized spacial score (nSPS) is 10.3. The van der Waals surface area contributed by atoms with Gasteiger partial charge in [-0.3, -0.25) is 10.1 Å². The molecule has 0 aliphatic rings. The van der Waals surface area contributed by atoms with Crippen LogP contribution in [-0.4, -0.2) is 23.2 Å². The largest absolute Gasteiger partial charge is 0.444 e. The summed E-state index contributed by atoms with van der Waals surface area (Å²) in [5.74, 6) is 5.41. The zero-order valence-corrected chi connectivity index (χ0v) is 12.5. The summed E-state index contributed by atoms with van der Waals surface area (Å²) in [5.41, 5.74) is 0.453. The van der Waals surface area contributed by atoms with E-state index < -0.39 is 16.6 Å². The fourth-order valence-corrected chi connectivity index (χ4v) is 1.53. The van der Waals surface area contributed by atoms with Crippen molar-refractivity contribution in [2.24, 2.45) is 0 Å². The molecule has 1 aromatic rings. The first-order valence-electron chi connectivity index (χ1n) is 6.40. The zero-order chi connectivity index (χ0) is 16.0. The molecule has 0 saturated heterocycles. The minimum atomic E-state index is -0.577. The molecule has 0 unspecified atom stereocenters. The molecule has 0 spiro atoms. The first kappa shape index (κ1) is 16.5. The molecular weight excluding hydrogens is 272 g/mol. The molecule has 0 bridgehead atoms. The van der Waals surface area contributed by atoms with Gasteiger partial charge in [-0.25, -0.2) is 4.79 Å². The van der Waals surface area contributed by atoms with E-state index in [4.69, 9.17) is 4.74 Å². The van der Waals surface area contributed by atoms with Crippen LogP contribution in [0.2, 0.25) is 0 Å². The van der Waals surface area contributed by atoms with E-state index in [-0.39, 0.29) is 12.2 Å². The Balaban J connectivity index is 2.72. The lowest BCUT2D eigenvalue weighted by atomic mass is 10.1. The third kappa shape index (κ3) is 5.53. The first-order chi connectivity index (χ1) is 9.70. The van der Waals surface area contributed by atoms with Crippen LogP contribution in [0, 0.1) is 28.9 Å². The van der Waals surface area contributed by atoms with Gasteiger partial charge >= 0.3 is 6.09 Å². The highest BCUT2D eigenvalue weighted by atomic mass is 16.6. The van der Waals surface area contributed by atoms with Gasteiger partial charge in [0.25, 0.3) is 5.69 Å². The molecule has 0 fully saturated rings. The number of nitrogens with one attached hydrogen (secondary N) is 1. The maximum absolute atomic E-state index is 11.4. The number of ether oxygens (including phenoxy) is 1. The number of hydrogen-bond donors (Lipinski definition) is 1. The van der Waals surface area contributed by atoms with Gasteiger partial charge in [-0.15, -0.1) is 0 Å². The molecule has 1 rings (SSSR count). The maximum atomic E-state index is 11.4. The molecule has 0 radical (unpaired) electrons. The number of nitro benzene ring substituents is 1. The van der Waals surface area contributed by atoms with Gasteiger partial charge in [-0.2, -0.15) is 0 Å². The molecule has 0 aliphatic carbocycles. The lowest BCUT2D eigenvalue weighted by Gasteiger charge is -2.19. The SMILES string of the molecule is Cc1cccc([N+](=O)[O-])c1C#CCNC(=O)OC(C)(C)C.